The minimum absolute atomic E-state index is 0.102. The van der Waals surface area contributed by atoms with E-state index in [1.165, 1.54) is 24.8 Å². The SMILES string of the molecule is CCCCCc1ccc(-c2cnc(SC(F)F)nc2)cc1. The lowest BCUT2D eigenvalue weighted by Gasteiger charge is -2.05. The molecular weight excluding hydrogens is 290 g/mol. The third-order valence-electron chi connectivity index (χ3n) is 3.18. The Labute approximate surface area is 128 Å². The maximum absolute atomic E-state index is 12.2. The minimum atomic E-state index is -2.49. The number of rotatable bonds is 7. The van der Waals surface area contributed by atoms with Crippen LogP contribution in [0.25, 0.3) is 11.1 Å². The molecule has 0 N–H and O–H groups in total. The lowest BCUT2D eigenvalue weighted by atomic mass is 10.0. The average molecular weight is 308 g/mol. The summed E-state index contributed by atoms with van der Waals surface area (Å²) < 4.78 is 24.4. The van der Waals surface area contributed by atoms with Gasteiger partial charge >= 0.3 is 0 Å². The summed E-state index contributed by atoms with van der Waals surface area (Å²) in [5.41, 5.74) is 3.16. The monoisotopic (exact) mass is 308 g/mol. The highest BCUT2D eigenvalue weighted by atomic mass is 32.2. The van der Waals surface area contributed by atoms with Crippen molar-refractivity contribution >= 4 is 11.8 Å². The molecule has 0 saturated heterocycles. The van der Waals surface area contributed by atoms with Crippen LogP contribution in [0.5, 0.6) is 0 Å². The quantitative estimate of drug-likeness (QED) is 0.400. The largest absolute Gasteiger partial charge is 0.291 e. The van der Waals surface area contributed by atoms with Gasteiger partial charge in [-0.3, -0.25) is 0 Å². The van der Waals surface area contributed by atoms with Gasteiger partial charge < -0.3 is 0 Å². The molecular formula is C16H18F2N2S. The van der Waals surface area contributed by atoms with Gasteiger partial charge in [0.05, 0.1) is 0 Å². The summed E-state index contributed by atoms with van der Waals surface area (Å²) in [5, 5.41) is 0.102. The van der Waals surface area contributed by atoms with E-state index in [0.717, 1.165) is 17.5 Å². The van der Waals surface area contributed by atoms with Crippen LogP contribution in [0.3, 0.4) is 0 Å². The molecule has 2 aromatic rings. The van der Waals surface area contributed by atoms with E-state index in [-0.39, 0.29) is 5.16 Å². The zero-order valence-corrected chi connectivity index (χ0v) is 12.7. The van der Waals surface area contributed by atoms with Gasteiger partial charge in [0.25, 0.3) is 5.76 Å². The number of benzene rings is 1. The number of alkyl halides is 2. The second-order valence-electron chi connectivity index (χ2n) is 4.79. The number of unbranched alkanes of at least 4 members (excludes halogenated alkanes) is 2. The zero-order valence-electron chi connectivity index (χ0n) is 11.9. The minimum Gasteiger partial charge on any atom is -0.230 e. The molecule has 2 nitrogen and oxygen atoms in total. The van der Waals surface area contributed by atoms with Crippen molar-refractivity contribution < 1.29 is 8.78 Å². The fraction of sp³-hybridized carbons (Fsp3) is 0.375. The Morgan fingerprint density at radius 3 is 2.24 bits per heavy atom. The number of hydrogen-bond donors (Lipinski definition) is 0. The summed E-state index contributed by atoms with van der Waals surface area (Å²) in [4.78, 5) is 7.90. The molecule has 0 aliphatic heterocycles. The summed E-state index contributed by atoms with van der Waals surface area (Å²) in [6, 6.07) is 8.26. The van der Waals surface area contributed by atoms with E-state index < -0.39 is 5.76 Å². The van der Waals surface area contributed by atoms with Gasteiger partial charge in [0, 0.05) is 18.0 Å². The maximum Gasteiger partial charge on any atom is 0.291 e. The third kappa shape index (κ3) is 5.08. The van der Waals surface area contributed by atoms with Crippen LogP contribution in [0.1, 0.15) is 31.7 Å². The van der Waals surface area contributed by atoms with E-state index in [0.29, 0.717) is 11.8 Å². The van der Waals surface area contributed by atoms with Crippen LogP contribution in [0.15, 0.2) is 41.8 Å². The first-order chi connectivity index (χ1) is 10.2. The summed E-state index contributed by atoms with van der Waals surface area (Å²) in [5.74, 6) is -2.49. The number of halogens is 2. The zero-order chi connectivity index (χ0) is 15.1. The standard InChI is InChI=1S/C16H18F2N2S/c1-2-3-4-5-12-6-8-13(9-7-12)14-10-19-16(20-11-14)21-15(17)18/h6-11,15H,2-5H2,1H3. The molecule has 0 saturated carbocycles. The van der Waals surface area contributed by atoms with Crippen molar-refractivity contribution in [3.8, 4) is 11.1 Å². The van der Waals surface area contributed by atoms with Crippen LogP contribution in [0.4, 0.5) is 8.78 Å². The van der Waals surface area contributed by atoms with Crippen LogP contribution in [-0.4, -0.2) is 15.7 Å². The van der Waals surface area contributed by atoms with Crippen molar-refractivity contribution in [2.24, 2.45) is 0 Å². The van der Waals surface area contributed by atoms with Gasteiger partial charge in [-0.15, -0.1) is 0 Å². The first-order valence-corrected chi connectivity index (χ1v) is 7.93. The summed E-state index contributed by atoms with van der Waals surface area (Å²) in [6.07, 6.45) is 7.94. The fourth-order valence-corrected chi connectivity index (χ4v) is 2.44. The first-order valence-electron chi connectivity index (χ1n) is 7.05. The van der Waals surface area contributed by atoms with Crippen LogP contribution in [0.2, 0.25) is 0 Å². The number of hydrogen-bond acceptors (Lipinski definition) is 3. The van der Waals surface area contributed by atoms with E-state index >= 15 is 0 Å². The van der Waals surface area contributed by atoms with Gasteiger partial charge in [-0.2, -0.15) is 8.78 Å². The highest BCUT2D eigenvalue weighted by Gasteiger charge is 2.08. The molecule has 112 valence electrons. The van der Waals surface area contributed by atoms with Crippen molar-refractivity contribution in [2.75, 3.05) is 0 Å². The Bertz CT molecular complexity index is 541. The van der Waals surface area contributed by atoms with Gasteiger partial charge in [-0.25, -0.2) is 9.97 Å². The lowest BCUT2D eigenvalue weighted by Crippen LogP contribution is -1.91. The Morgan fingerprint density at radius 2 is 1.67 bits per heavy atom. The van der Waals surface area contributed by atoms with E-state index in [4.69, 9.17) is 0 Å². The summed E-state index contributed by atoms with van der Waals surface area (Å²) in [6.45, 7) is 2.19. The molecule has 1 aromatic carbocycles. The molecule has 2 rings (SSSR count). The van der Waals surface area contributed by atoms with E-state index in [2.05, 4.69) is 29.0 Å². The van der Waals surface area contributed by atoms with Gasteiger partial charge in [0.2, 0.25) is 0 Å². The van der Waals surface area contributed by atoms with Crippen LogP contribution < -0.4 is 0 Å². The van der Waals surface area contributed by atoms with Gasteiger partial charge in [-0.1, -0.05) is 44.0 Å². The van der Waals surface area contributed by atoms with Crippen molar-refractivity contribution in [1.29, 1.82) is 0 Å². The molecule has 0 atom stereocenters. The molecule has 0 aliphatic carbocycles. The molecule has 0 spiro atoms. The third-order valence-corrected chi connectivity index (χ3v) is 3.78. The number of nitrogens with zero attached hydrogens (tertiary/aromatic N) is 2. The highest BCUT2D eigenvalue weighted by Crippen LogP contribution is 2.24. The number of thioether (sulfide) groups is 1. The molecule has 5 heteroatoms. The van der Waals surface area contributed by atoms with Crippen molar-refractivity contribution in [2.45, 2.75) is 43.5 Å². The Balaban J connectivity index is 2.01. The Hall–Kier alpha value is -1.49. The van der Waals surface area contributed by atoms with Crippen LogP contribution in [-0.2, 0) is 6.42 Å². The second kappa shape index (κ2) is 8.08. The molecule has 0 radical (unpaired) electrons. The lowest BCUT2D eigenvalue weighted by molar-refractivity contribution is 0.251. The highest BCUT2D eigenvalue weighted by molar-refractivity contribution is 7.99. The molecule has 21 heavy (non-hydrogen) atoms. The van der Waals surface area contributed by atoms with E-state index in [1.54, 1.807) is 12.4 Å². The maximum atomic E-state index is 12.2. The van der Waals surface area contributed by atoms with Gasteiger partial charge in [-0.05, 0) is 35.7 Å². The molecule has 1 aromatic heterocycles. The van der Waals surface area contributed by atoms with E-state index in [9.17, 15) is 8.78 Å². The molecule has 0 unspecified atom stereocenters. The topological polar surface area (TPSA) is 25.8 Å². The van der Waals surface area contributed by atoms with Gasteiger partial charge in [0.15, 0.2) is 5.16 Å². The van der Waals surface area contributed by atoms with Crippen molar-refractivity contribution in [3.63, 3.8) is 0 Å². The normalized spacial score (nSPS) is 11.0. The smallest absolute Gasteiger partial charge is 0.230 e. The molecule has 0 fully saturated rings. The Morgan fingerprint density at radius 1 is 1.00 bits per heavy atom. The van der Waals surface area contributed by atoms with Gasteiger partial charge in [0.1, 0.15) is 0 Å². The van der Waals surface area contributed by atoms with Crippen LogP contribution >= 0.6 is 11.8 Å². The van der Waals surface area contributed by atoms with E-state index in [1.807, 2.05) is 12.1 Å². The second-order valence-corrected chi connectivity index (χ2v) is 5.74. The first kappa shape index (κ1) is 15.9. The van der Waals surface area contributed by atoms with Crippen molar-refractivity contribution in [1.82, 2.24) is 9.97 Å². The van der Waals surface area contributed by atoms with Crippen LogP contribution in [0, 0.1) is 0 Å². The van der Waals surface area contributed by atoms with Crippen molar-refractivity contribution in [3.05, 3.63) is 42.2 Å². The molecule has 0 aliphatic rings. The average Bonchev–Trinajstić information content (AvgIpc) is 2.49. The Kier molecular flexibility index (Phi) is 6.11. The fourth-order valence-electron chi connectivity index (χ4n) is 2.05. The number of aryl methyl sites for hydroxylation is 1. The predicted molar refractivity (Wildman–Crippen MR) is 82.6 cm³/mol. The summed E-state index contributed by atoms with van der Waals surface area (Å²) in [7, 11) is 0. The number of aromatic nitrogens is 2. The predicted octanol–water partition coefficient (Wildman–Crippen LogP) is 5.19. The summed E-state index contributed by atoms with van der Waals surface area (Å²) >= 11 is 0.360. The molecule has 1 heterocycles. The molecule has 0 amide bonds. The molecule has 0 bridgehead atoms.